The van der Waals surface area contributed by atoms with Crippen molar-refractivity contribution in [3.05, 3.63) is 18.0 Å². The number of H-pyrrole nitrogens is 1. The van der Waals surface area contributed by atoms with Crippen molar-refractivity contribution >= 4 is 11.9 Å². The average molecular weight is 251 g/mol. The van der Waals surface area contributed by atoms with Crippen LogP contribution in [0.2, 0.25) is 0 Å². The fourth-order valence-corrected chi connectivity index (χ4v) is 2.21. The molecule has 2 rings (SSSR count). The van der Waals surface area contributed by atoms with E-state index < -0.39 is 6.03 Å². The van der Waals surface area contributed by atoms with Gasteiger partial charge in [0.2, 0.25) is 0 Å². The normalized spacial score (nSPS) is 19.6. The predicted molar refractivity (Wildman–Crippen MR) is 64.8 cm³/mol. The van der Waals surface area contributed by atoms with E-state index in [4.69, 9.17) is 5.73 Å². The number of aromatic nitrogens is 2. The van der Waals surface area contributed by atoms with Crippen molar-refractivity contribution in [1.29, 1.82) is 0 Å². The molecule has 0 radical (unpaired) electrons. The van der Waals surface area contributed by atoms with Gasteiger partial charge in [-0.05, 0) is 18.8 Å². The second kappa shape index (κ2) is 5.52. The van der Waals surface area contributed by atoms with E-state index >= 15 is 0 Å². The SMILES string of the molecule is NC(=O)NCC1CCCN(C(=O)c2cn[nH]c2)C1. The molecule has 2 heterocycles. The Labute approximate surface area is 105 Å². The van der Waals surface area contributed by atoms with E-state index in [0.717, 1.165) is 19.4 Å². The summed E-state index contributed by atoms with van der Waals surface area (Å²) in [4.78, 5) is 24.6. The van der Waals surface area contributed by atoms with Crippen LogP contribution in [0.25, 0.3) is 0 Å². The van der Waals surface area contributed by atoms with Gasteiger partial charge in [-0.1, -0.05) is 0 Å². The van der Waals surface area contributed by atoms with Gasteiger partial charge in [-0.15, -0.1) is 0 Å². The third-order valence-electron chi connectivity index (χ3n) is 3.12. The Morgan fingerprint density at radius 1 is 1.61 bits per heavy atom. The molecule has 0 saturated carbocycles. The fraction of sp³-hybridized carbons (Fsp3) is 0.545. The summed E-state index contributed by atoms with van der Waals surface area (Å²) in [6.07, 6.45) is 5.05. The smallest absolute Gasteiger partial charge is 0.312 e. The first-order chi connectivity index (χ1) is 8.66. The number of likely N-dealkylation sites (tertiary alicyclic amines) is 1. The van der Waals surface area contributed by atoms with Crippen molar-refractivity contribution < 1.29 is 9.59 Å². The summed E-state index contributed by atoms with van der Waals surface area (Å²) in [6, 6.07) is -0.520. The first-order valence-corrected chi connectivity index (χ1v) is 5.98. The van der Waals surface area contributed by atoms with Gasteiger partial charge in [0.15, 0.2) is 0 Å². The number of aromatic amines is 1. The minimum Gasteiger partial charge on any atom is -0.352 e. The molecule has 7 nitrogen and oxygen atoms in total. The number of primary amides is 1. The highest BCUT2D eigenvalue weighted by Crippen LogP contribution is 2.17. The lowest BCUT2D eigenvalue weighted by Crippen LogP contribution is -2.44. The topological polar surface area (TPSA) is 104 Å². The molecule has 4 N–H and O–H groups in total. The number of hydrogen-bond acceptors (Lipinski definition) is 3. The molecule has 1 aliphatic heterocycles. The number of nitrogens with two attached hydrogens (primary N) is 1. The van der Waals surface area contributed by atoms with Gasteiger partial charge < -0.3 is 16.0 Å². The van der Waals surface area contributed by atoms with Crippen LogP contribution in [0.3, 0.4) is 0 Å². The van der Waals surface area contributed by atoms with Crippen molar-refractivity contribution in [2.75, 3.05) is 19.6 Å². The molecule has 1 aliphatic rings. The highest BCUT2D eigenvalue weighted by atomic mass is 16.2. The fourth-order valence-electron chi connectivity index (χ4n) is 2.21. The van der Waals surface area contributed by atoms with Crippen molar-refractivity contribution in [3.8, 4) is 0 Å². The van der Waals surface area contributed by atoms with E-state index in [0.29, 0.717) is 18.7 Å². The Kier molecular flexibility index (Phi) is 3.81. The number of amides is 3. The number of rotatable bonds is 3. The van der Waals surface area contributed by atoms with E-state index in [1.54, 1.807) is 11.1 Å². The summed E-state index contributed by atoms with van der Waals surface area (Å²) in [5, 5.41) is 8.99. The van der Waals surface area contributed by atoms with Gasteiger partial charge in [0, 0.05) is 25.8 Å². The molecule has 1 unspecified atom stereocenters. The summed E-state index contributed by atoms with van der Waals surface area (Å²) < 4.78 is 0. The second-order valence-corrected chi connectivity index (χ2v) is 4.49. The van der Waals surface area contributed by atoms with Crippen LogP contribution in [0.5, 0.6) is 0 Å². The van der Waals surface area contributed by atoms with E-state index in [2.05, 4.69) is 15.5 Å². The zero-order valence-corrected chi connectivity index (χ0v) is 10.1. The summed E-state index contributed by atoms with van der Waals surface area (Å²) >= 11 is 0. The molecule has 1 atom stereocenters. The average Bonchev–Trinajstić information content (AvgIpc) is 2.89. The maximum atomic E-state index is 12.1. The minimum atomic E-state index is -0.520. The molecule has 1 aromatic rings. The lowest BCUT2D eigenvalue weighted by Gasteiger charge is -2.32. The number of urea groups is 1. The van der Waals surface area contributed by atoms with Crippen LogP contribution in [-0.2, 0) is 0 Å². The molecular formula is C11H17N5O2. The van der Waals surface area contributed by atoms with Gasteiger partial charge in [-0.25, -0.2) is 4.79 Å². The largest absolute Gasteiger partial charge is 0.352 e. The first kappa shape index (κ1) is 12.4. The maximum absolute atomic E-state index is 12.1. The van der Waals surface area contributed by atoms with Gasteiger partial charge in [0.1, 0.15) is 0 Å². The zero-order chi connectivity index (χ0) is 13.0. The second-order valence-electron chi connectivity index (χ2n) is 4.49. The molecule has 0 bridgehead atoms. The first-order valence-electron chi connectivity index (χ1n) is 5.98. The highest BCUT2D eigenvalue weighted by molar-refractivity contribution is 5.93. The number of carbonyl (C=O) groups excluding carboxylic acids is 2. The number of nitrogens with zero attached hydrogens (tertiary/aromatic N) is 2. The molecule has 18 heavy (non-hydrogen) atoms. The Morgan fingerprint density at radius 3 is 3.11 bits per heavy atom. The van der Waals surface area contributed by atoms with Crippen molar-refractivity contribution in [1.82, 2.24) is 20.4 Å². The quantitative estimate of drug-likeness (QED) is 0.700. The van der Waals surface area contributed by atoms with Crippen molar-refractivity contribution in [3.63, 3.8) is 0 Å². The number of carbonyl (C=O) groups is 2. The standard InChI is InChI=1S/C11H17N5O2/c12-11(18)13-4-8-2-1-3-16(7-8)10(17)9-5-14-15-6-9/h5-6,8H,1-4,7H2,(H,14,15)(H3,12,13,18). The molecule has 0 aromatic carbocycles. The van der Waals surface area contributed by atoms with Gasteiger partial charge in [-0.2, -0.15) is 5.10 Å². The summed E-state index contributed by atoms with van der Waals surface area (Å²) in [7, 11) is 0. The van der Waals surface area contributed by atoms with E-state index in [-0.39, 0.29) is 11.8 Å². The van der Waals surface area contributed by atoms with Gasteiger partial charge in [0.25, 0.3) is 5.91 Å². The van der Waals surface area contributed by atoms with Crippen LogP contribution in [0.1, 0.15) is 23.2 Å². The lowest BCUT2D eigenvalue weighted by molar-refractivity contribution is 0.0675. The summed E-state index contributed by atoms with van der Waals surface area (Å²) in [5.74, 6) is 0.245. The van der Waals surface area contributed by atoms with Crippen LogP contribution >= 0.6 is 0 Å². The Hall–Kier alpha value is -2.05. The zero-order valence-electron chi connectivity index (χ0n) is 10.1. The third-order valence-corrected chi connectivity index (χ3v) is 3.12. The minimum absolute atomic E-state index is 0.0208. The molecule has 1 aromatic heterocycles. The molecule has 1 fully saturated rings. The summed E-state index contributed by atoms with van der Waals surface area (Å²) in [6.45, 7) is 1.91. The van der Waals surface area contributed by atoms with E-state index in [9.17, 15) is 9.59 Å². The Bertz CT molecular complexity index is 417. The van der Waals surface area contributed by atoms with Crippen molar-refractivity contribution in [2.45, 2.75) is 12.8 Å². The highest BCUT2D eigenvalue weighted by Gasteiger charge is 2.24. The van der Waals surface area contributed by atoms with E-state index in [1.165, 1.54) is 6.20 Å². The molecule has 3 amide bonds. The number of piperidine rings is 1. The predicted octanol–water partition coefficient (Wildman–Crippen LogP) is -0.0698. The van der Waals surface area contributed by atoms with Gasteiger partial charge in [-0.3, -0.25) is 9.89 Å². The number of nitrogens with one attached hydrogen (secondary N) is 2. The van der Waals surface area contributed by atoms with Crippen LogP contribution in [-0.4, -0.2) is 46.7 Å². The molecule has 0 spiro atoms. The number of hydrogen-bond donors (Lipinski definition) is 3. The van der Waals surface area contributed by atoms with Crippen molar-refractivity contribution in [2.24, 2.45) is 11.7 Å². The summed E-state index contributed by atoms with van der Waals surface area (Å²) in [5.41, 5.74) is 5.61. The molecule has 0 aliphatic carbocycles. The maximum Gasteiger partial charge on any atom is 0.312 e. The Morgan fingerprint density at radius 2 is 2.44 bits per heavy atom. The Balaban J connectivity index is 1.90. The van der Waals surface area contributed by atoms with Crippen LogP contribution in [0.4, 0.5) is 4.79 Å². The van der Waals surface area contributed by atoms with Crippen LogP contribution < -0.4 is 11.1 Å². The molecule has 7 heteroatoms. The lowest BCUT2D eigenvalue weighted by atomic mass is 9.97. The molecule has 98 valence electrons. The molecule has 1 saturated heterocycles. The molecular weight excluding hydrogens is 234 g/mol. The van der Waals surface area contributed by atoms with Crippen LogP contribution in [0, 0.1) is 5.92 Å². The van der Waals surface area contributed by atoms with Crippen LogP contribution in [0.15, 0.2) is 12.4 Å². The monoisotopic (exact) mass is 251 g/mol. The third kappa shape index (κ3) is 2.99. The van der Waals surface area contributed by atoms with Gasteiger partial charge in [0.05, 0.1) is 11.8 Å². The van der Waals surface area contributed by atoms with Gasteiger partial charge >= 0.3 is 6.03 Å². The van der Waals surface area contributed by atoms with E-state index in [1.807, 2.05) is 0 Å².